The number of rotatable bonds is 13. The lowest BCUT2D eigenvalue weighted by Crippen LogP contribution is -2.34. The molecule has 1 aromatic heterocycles. The zero-order valence-electron chi connectivity index (χ0n) is 17.9. The van der Waals surface area contributed by atoms with Crippen molar-refractivity contribution in [2.45, 2.75) is 51.9 Å². The fourth-order valence-electron chi connectivity index (χ4n) is 3.19. The number of H-pyrrole nitrogens is 1. The van der Waals surface area contributed by atoms with E-state index in [0.717, 1.165) is 55.5 Å². The first-order valence-corrected chi connectivity index (χ1v) is 12.4. The van der Waals surface area contributed by atoms with E-state index in [2.05, 4.69) is 10.2 Å². The van der Waals surface area contributed by atoms with Crippen LogP contribution in [0.4, 0.5) is 4.39 Å². The maximum absolute atomic E-state index is 13.3. The number of hydrogen-bond acceptors (Lipinski definition) is 4. The molecule has 0 aliphatic heterocycles. The second-order valence-electron chi connectivity index (χ2n) is 7.71. The van der Waals surface area contributed by atoms with E-state index < -0.39 is 15.6 Å². The van der Waals surface area contributed by atoms with Crippen LogP contribution < -0.4 is 0 Å². The largest absolute Gasteiger partial charge is 0.345 e. The smallest absolute Gasteiger partial charge is 0.237 e. The lowest BCUT2D eigenvalue weighted by molar-refractivity contribution is -0.127. The molecular weight excluding hydrogens is 405 g/mol. The van der Waals surface area contributed by atoms with Gasteiger partial charge in [-0.1, -0.05) is 38.3 Å². The number of aromatic amines is 1. The van der Waals surface area contributed by atoms with E-state index >= 15 is 0 Å². The van der Waals surface area contributed by atoms with Gasteiger partial charge < -0.3 is 4.90 Å². The summed E-state index contributed by atoms with van der Waals surface area (Å²) in [6, 6.07) is 8.26. The van der Waals surface area contributed by atoms with Crippen molar-refractivity contribution in [3.63, 3.8) is 0 Å². The Bertz CT molecular complexity index is 912. The molecule has 166 valence electrons. The number of halogens is 1. The summed E-state index contributed by atoms with van der Waals surface area (Å²) >= 11 is 0. The van der Waals surface area contributed by atoms with E-state index in [1.165, 1.54) is 17.0 Å². The molecule has 0 unspecified atom stereocenters. The lowest BCUT2D eigenvalue weighted by Gasteiger charge is -2.17. The molecule has 1 N–H and O–H groups in total. The van der Waals surface area contributed by atoms with Crippen LogP contribution in [0, 0.1) is 5.82 Å². The topological polar surface area (TPSA) is 83.1 Å². The van der Waals surface area contributed by atoms with Crippen molar-refractivity contribution in [3.05, 3.63) is 41.8 Å². The minimum atomic E-state index is -3.32. The highest BCUT2D eigenvalue weighted by Crippen LogP contribution is 2.19. The number of hydrogen-bond donors (Lipinski definition) is 1. The molecule has 0 saturated heterocycles. The van der Waals surface area contributed by atoms with Crippen LogP contribution in [-0.4, -0.2) is 54.5 Å². The van der Waals surface area contributed by atoms with Gasteiger partial charge in [0.05, 0.1) is 11.4 Å². The Balaban J connectivity index is 1.67. The molecule has 2 rings (SSSR count). The summed E-state index contributed by atoms with van der Waals surface area (Å²) in [5.41, 5.74) is 2.44. The first-order chi connectivity index (χ1) is 14.3. The third-order valence-corrected chi connectivity index (χ3v) is 6.62. The van der Waals surface area contributed by atoms with Crippen LogP contribution in [-0.2, 0) is 21.1 Å². The number of unbranched alkanes of at least 4 members (excludes halogenated alkanes) is 4. The summed E-state index contributed by atoms with van der Waals surface area (Å²) in [4.78, 5) is 13.7. The number of nitrogens with zero attached hydrogens (tertiary/aromatic N) is 2. The van der Waals surface area contributed by atoms with Gasteiger partial charge in [0.25, 0.3) is 0 Å². The van der Waals surface area contributed by atoms with Crippen molar-refractivity contribution < 1.29 is 17.6 Å². The molecule has 0 bridgehead atoms. The highest BCUT2D eigenvalue weighted by Gasteiger charge is 2.19. The van der Waals surface area contributed by atoms with E-state index in [-0.39, 0.29) is 17.5 Å². The summed E-state index contributed by atoms with van der Waals surface area (Å²) < 4.78 is 37.3. The molecule has 6 nitrogen and oxygen atoms in total. The van der Waals surface area contributed by atoms with E-state index in [1.54, 1.807) is 13.1 Å². The van der Waals surface area contributed by atoms with Crippen LogP contribution >= 0.6 is 0 Å². The predicted molar refractivity (Wildman–Crippen MR) is 117 cm³/mol. The zero-order chi connectivity index (χ0) is 22.0. The molecular formula is C22H32FN3O3S. The van der Waals surface area contributed by atoms with Crippen LogP contribution in [0.25, 0.3) is 11.3 Å². The summed E-state index contributed by atoms with van der Waals surface area (Å²) in [5, 5.41) is 7.22. The van der Waals surface area contributed by atoms with Gasteiger partial charge in [-0.25, -0.2) is 12.8 Å². The molecule has 0 fully saturated rings. The van der Waals surface area contributed by atoms with Gasteiger partial charge in [0, 0.05) is 24.8 Å². The highest BCUT2D eigenvalue weighted by atomic mass is 32.2. The molecule has 2 aromatic rings. The van der Waals surface area contributed by atoms with Crippen molar-refractivity contribution in [2.75, 3.05) is 25.1 Å². The van der Waals surface area contributed by atoms with Gasteiger partial charge in [0.2, 0.25) is 5.91 Å². The van der Waals surface area contributed by atoms with Crippen LogP contribution in [0.3, 0.4) is 0 Å². The molecule has 1 amide bonds. The molecule has 8 heteroatoms. The fraction of sp³-hybridized carbons (Fsp3) is 0.545. The van der Waals surface area contributed by atoms with Crippen molar-refractivity contribution in [1.82, 2.24) is 15.1 Å². The third-order valence-electron chi connectivity index (χ3n) is 5.02. The number of carbonyl (C=O) groups is 1. The molecule has 1 heterocycles. The molecule has 0 radical (unpaired) electrons. The number of amides is 1. The maximum Gasteiger partial charge on any atom is 0.237 e. The third kappa shape index (κ3) is 8.26. The van der Waals surface area contributed by atoms with Crippen LogP contribution in [0.15, 0.2) is 30.3 Å². The summed E-state index contributed by atoms with van der Waals surface area (Å²) in [5.74, 6) is -0.934. The average molecular weight is 438 g/mol. The van der Waals surface area contributed by atoms with Crippen LogP contribution in [0.5, 0.6) is 0 Å². The summed E-state index contributed by atoms with van der Waals surface area (Å²) in [6.07, 6.45) is 5.88. The first kappa shape index (κ1) is 24.1. The Morgan fingerprint density at radius 1 is 1.13 bits per heavy atom. The van der Waals surface area contributed by atoms with Crippen molar-refractivity contribution in [3.8, 4) is 11.3 Å². The summed E-state index contributed by atoms with van der Waals surface area (Å²) in [6.45, 7) is 2.56. The molecule has 0 aliphatic rings. The molecule has 0 aliphatic carbocycles. The second-order valence-corrected chi connectivity index (χ2v) is 9.90. The fourth-order valence-corrected chi connectivity index (χ4v) is 4.58. The average Bonchev–Trinajstić information content (AvgIpc) is 3.16. The quantitative estimate of drug-likeness (QED) is 0.480. The van der Waals surface area contributed by atoms with E-state index in [1.807, 2.05) is 19.1 Å². The normalized spacial score (nSPS) is 11.6. The van der Waals surface area contributed by atoms with Crippen molar-refractivity contribution in [2.24, 2.45) is 0 Å². The minimum Gasteiger partial charge on any atom is -0.345 e. The van der Waals surface area contributed by atoms with Gasteiger partial charge in [-0.2, -0.15) is 5.10 Å². The molecule has 30 heavy (non-hydrogen) atoms. The molecule has 0 atom stereocenters. The Hall–Kier alpha value is -2.22. The lowest BCUT2D eigenvalue weighted by atomic mass is 10.1. The zero-order valence-corrected chi connectivity index (χ0v) is 18.7. The van der Waals surface area contributed by atoms with Gasteiger partial charge in [-0.05, 0) is 43.9 Å². The number of carbonyl (C=O) groups excluding carboxylic acids is 1. The Labute approximate surface area is 178 Å². The first-order valence-electron chi connectivity index (χ1n) is 10.6. The monoisotopic (exact) mass is 437 g/mol. The molecule has 0 spiro atoms. The van der Waals surface area contributed by atoms with Crippen molar-refractivity contribution >= 4 is 15.7 Å². The molecule has 1 aromatic carbocycles. The van der Waals surface area contributed by atoms with Gasteiger partial charge in [0.1, 0.15) is 11.6 Å². The Morgan fingerprint density at radius 3 is 2.67 bits per heavy atom. The van der Waals surface area contributed by atoms with Gasteiger partial charge in [0.15, 0.2) is 9.84 Å². The van der Waals surface area contributed by atoms with Gasteiger partial charge >= 0.3 is 0 Å². The van der Waals surface area contributed by atoms with E-state index in [9.17, 15) is 17.6 Å². The number of sulfone groups is 1. The van der Waals surface area contributed by atoms with E-state index in [0.29, 0.717) is 13.0 Å². The minimum absolute atomic E-state index is 0.0855. The highest BCUT2D eigenvalue weighted by molar-refractivity contribution is 7.92. The molecule has 0 saturated carbocycles. The van der Waals surface area contributed by atoms with Crippen LogP contribution in [0.1, 0.15) is 51.1 Å². The van der Waals surface area contributed by atoms with Crippen molar-refractivity contribution in [1.29, 1.82) is 0 Å². The standard InChI is InChI=1S/C22H32FN3O3S/c1-3-4-8-14-30(28,29)17-22(27)26(2)13-7-5-6-12-20-16-21(25-24-20)18-10-9-11-19(23)15-18/h9-11,15-16H,3-8,12-14,17H2,1-2H3,(H,24,25). The number of nitrogens with one attached hydrogen (secondary N) is 1. The van der Waals surface area contributed by atoms with Crippen LogP contribution in [0.2, 0.25) is 0 Å². The predicted octanol–water partition coefficient (Wildman–Crippen LogP) is 3.99. The van der Waals surface area contributed by atoms with Gasteiger partial charge in [-0.15, -0.1) is 0 Å². The Kier molecular flexibility index (Phi) is 9.49. The maximum atomic E-state index is 13.3. The number of aromatic nitrogens is 2. The second kappa shape index (κ2) is 11.8. The van der Waals surface area contributed by atoms with E-state index in [4.69, 9.17) is 0 Å². The number of benzene rings is 1. The Morgan fingerprint density at radius 2 is 1.93 bits per heavy atom. The summed E-state index contributed by atoms with van der Waals surface area (Å²) in [7, 11) is -1.66. The van der Waals surface area contributed by atoms with Gasteiger partial charge in [-0.3, -0.25) is 9.89 Å². The number of aryl methyl sites for hydroxylation is 1. The SMILES string of the molecule is CCCCCS(=O)(=O)CC(=O)N(C)CCCCCc1cc(-c2cccc(F)c2)n[nH]1.